The molecule has 1 aliphatic heterocycles. The summed E-state index contributed by atoms with van der Waals surface area (Å²) in [4.78, 5) is 6.94. The minimum atomic E-state index is 0.736. The van der Waals surface area contributed by atoms with Gasteiger partial charge in [-0.1, -0.05) is 44.8 Å². The Morgan fingerprint density at radius 2 is 1.76 bits per heavy atom. The summed E-state index contributed by atoms with van der Waals surface area (Å²) in [6.07, 6.45) is 17.8. The van der Waals surface area contributed by atoms with Gasteiger partial charge in [-0.25, -0.2) is 0 Å². The zero-order valence-corrected chi connectivity index (χ0v) is 14.0. The molecule has 0 unspecified atom stereocenters. The van der Waals surface area contributed by atoms with Crippen LogP contribution in [0.1, 0.15) is 71.1 Å². The van der Waals surface area contributed by atoms with Gasteiger partial charge in [0.2, 0.25) is 0 Å². The van der Waals surface area contributed by atoms with Crippen molar-refractivity contribution >= 4 is 5.84 Å². The molecule has 0 amide bonds. The van der Waals surface area contributed by atoms with Gasteiger partial charge < -0.3 is 10.6 Å². The number of unbranched alkanes of at least 4 members (excludes halogenated alkanes) is 7. The predicted octanol–water partition coefficient (Wildman–Crippen LogP) is 4.14. The fourth-order valence-electron chi connectivity index (χ4n) is 2.81. The lowest BCUT2D eigenvalue weighted by Gasteiger charge is -2.19. The molecule has 3 nitrogen and oxygen atoms in total. The van der Waals surface area contributed by atoms with Crippen LogP contribution in [-0.2, 0) is 0 Å². The van der Waals surface area contributed by atoms with Crippen molar-refractivity contribution < 1.29 is 0 Å². The Hall–Kier alpha value is -0.830. The first-order valence-corrected chi connectivity index (χ1v) is 9.01. The van der Waals surface area contributed by atoms with E-state index >= 15 is 0 Å². The second-order valence-electron chi connectivity index (χ2n) is 5.99. The third kappa shape index (κ3) is 8.92. The number of nitrogens with zero attached hydrogens (tertiary/aromatic N) is 2. The topological polar surface area (TPSA) is 41.6 Å². The number of hydrogen-bond donors (Lipinski definition) is 1. The van der Waals surface area contributed by atoms with E-state index in [1.165, 1.54) is 63.6 Å². The van der Waals surface area contributed by atoms with E-state index in [1.807, 2.05) is 0 Å². The van der Waals surface area contributed by atoms with Crippen molar-refractivity contribution in [1.82, 2.24) is 4.90 Å². The van der Waals surface area contributed by atoms with Gasteiger partial charge in [0.05, 0.1) is 12.4 Å². The molecule has 0 saturated carbocycles. The van der Waals surface area contributed by atoms with Gasteiger partial charge in [0.15, 0.2) is 0 Å². The van der Waals surface area contributed by atoms with Crippen LogP contribution in [0, 0.1) is 0 Å². The fourth-order valence-corrected chi connectivity index (χ4v) is 2.81. The van der Waals surface area contributed by atoms with E-state index in [0.29, 0.717) is 0 Å². The standard InChI is InChI=1S/C18H35N3/c1-2-3-4-5-6-7-8-9-10-11-12-13-18-20-15-17-21(18)16-14-19/h8-9H,2-7,10-17,19H2,1H3/b9-8+. The minimum Gasteiger partial charge on any atom is -0.357 e. The summed E-state index contributed by atoms with van der Waals surface area (Å²) in [7, 11) is 0. The molecule has 0 radical (unpaired) electrons. The summed E-state index contributed by atoms with van der Waals surface area (Å²) in [6, 6.07) is 0. The minimum absolute atomic E-state index is 0.736. The van der Waals surface area contributed by atoms with E-state index in [0.717, 1.165) is 32.6 Å². The Labute approximate surface area is 131 Å². The van der Waals surface area contributed by atoms with Crippen LogP contribution >= 0.6 is 0 Å². The van der Waals surface area contributed by atoms with Crippen molar-refractivity contribution in [3.63, 3.8) is 0 Å². The van der Waals surface area contributed by atoms with Crippen LogP contribution in [0.3, 0.4) is 0 Å². The molecule has 1 aliphatic rings. The van der Waals surface area contributed by atoms with Gasteiger partial charge in [-0.2, -0.15) is 0 Å². The van der Waals surface area contributed by atoms with Crippen molar-refractivity contribution in [2.75, 3.05) is 26.2 Å². The van der Waals surface area contributed by atoms with Crippen molar-refractivity contribution in [2.24, 2.45) is 10.7 Å². The van der Waals surface area contributed by atoms with Crippen LogP contribution in [0.15, 0.2) is 17.1 Å². The number of aliphatic imine (C=N–C) groups is 1. The van der Waals surface area contributed by atoms with E-state index in [-0.39, 0.29) is 0 Å². The molecular weight excluding hydrogens is 258 g/mol. The van der Waals surface area contributed by atoms with Crippen LogP contribution in [0.2, 0.25) is 0 Å². The summed E-state index contributed by atoms with van der Waals surface area (Å²) in [5, 5.41) is 0. The van der Waals surface area contributed by atoms with Gasteiger partial charge in [-0.3, -0.25) is 4.99 Å². The molecule has 3 heteroatoms. The summed E-state index contributed by atoms with van der Waals surface area (Å²) in [5.74, 6) is 1.29. The Morgan fingerprint density at radius 1 is 1.05 bits per heavy atom. The number of rotatable bonds is 13. The van der Waals surface area contributed by atoms with Gasteiger partial charge in [-0.05, 0) is 32.1 Å². The van der Waals surface area contributed by atoms with Crippen molar-refractivity contribution in [3.8, 4) is 0 Å². The number of hydrogen-bond acceptors (Lipinski definition) is 3. The van der Waals surface area contributed by atoms with Crippen LogP contribution in [0.4, 0.5) is 0 Å². The van der Waals surface area contributed by atoms with Crippen LogP contribution in [0.5, 0.6) is 0 Å². The fraction of sp³-hybridized carbons (Fsp3) is 0.833. The molecule has 122 valence electrons. The average molecular weight is 293 g/mol. The first kappa shape index (κ1) is 18.2. The lowest BCUT2D eigenvalue weighted by Crippen LogP contribution is -2.32. The average Bonchev–Trinajstić information content (AvgIpc) is 2.92. The molecule has 0 aromatic heterocycles. The first-order chi connectivity index (χ1) is 10.4. The molecule has 0 atom stereocenters. The Balaban J connectivity index is 1.92. The molecule has 2 N–H and O–H groups in total. The van der Waals surface area contributed by atoms with Crippen LogP contribution in [0.25, 0.3) is 0 Å². The zero-order valence-electron chi connectivity index (χ0n) is 14.0. The highest BCUT2D eigenvalue weighted by atomic mass is 15.2. The molecule has 0 aliphatic carbocycles. The zero-order chi connectivity index (χ0) is 15.2. The SMILES string of the molecule is CCCCCCC/C=C/CCCCC1=NCCN1CCN. The highest BCUT2D eigenvalue weighted by Gasteiger charge is 2.14. The molecule has 0 aromatic rings. The van der Waals surface area contributed by atoms with Gasteiger partial charge in [0.25, 0.3) is 0 Å². The highest BCUT2D eigenvalue weighted by molar-refractivity contribution is 5.83. The molecule has 1 heterocycles. The molecule has 0 spiro atoms. The number of allylic oxidation sites excluding steroid dienone is 2. The van der Waals surface area contributed by atoms with Gasteiger partial charge in [0.1, 0.15) is 0 Å². The second-order valence-corrected chi connectivity index (χ2v) is 5.99. The lowest BCUT2D eigenvalue weighted by molar-refractivity contribution is 0.457. The molecule has 1 rings (SSSR count). The molecular formula is C18H35N3. The molecule has 0 fully saturated rings. The third-order valence-corrected chi connectivity index (χ3v) is 4.09. The van der Waals surface area contributed by atoms with E-state index in [4.69, 9.17) is 5.73 Å². The Kier molecular flexibility index (Phi) is 11.2. The molecule has 0 bridgehead atoms. The van der Waals surface area contributed by atoms with E-state index < -0.39 is 0 Å². The van der Waals surface area contributed by atoms with E-state index in [1.54, 1.807) is 0 Å². The maximum Gasteiger partial charge on any atom is 0.0990 e. The number of amidine groups is 1. The monoisotopic (exact) mass is 293 g/mol. The maximum absolute atomic E-state index is 5.63. The van der Waals surface area contributed by atoms with Gasteiger partial charge >= 0.3 is 0 Å². The first-order valence-electron chi connectivity index (χ1n) is 9.01. The van der Waals surface area contributed by atoms with E-state index in [9.17, 15) is 0 Å². The van der Waals surface area contributed by atoms with Crippen molar-refractivity contribution in [3.05, 3.63) is 12.2 Å². The molecule has 0 aromatic carbocycles. The lowest BCUT2D eigenvalue weighted by atomic mass is 10.1. The van der Waals surface area contributed by atoms with Crippen LogP contribution < -0.4 is 5.73 Å². The van der Waals surface area contributed by atoms with E-state index in [2.05, 4.69) is 29.0 Å². The normalized spacial score (nSPS) is 15.1. The summed E-state index contributed by atoms with van der Waals surface area (Å²) in [6.45, 7) is 6.01. The second kappa shape index (κ2) is 12.9. The largest absolute Gasteiger partial charge is 0.357 e. The Bertz CT molecular complexity index is 297. The third-order valence-electron chi connectivity index (χ3n) is 4.09. The summed E-state index contributed by atoms with van der Waals surface area (Å²) >= 11 is 0. The molecule has 0 saturated heterocycles. The number of nitrogens with two attached hydrogens (primary N) is 1. The smallest absolute Gasteiger partial charge is 0.0990 e. The van der Waals surface area contributed by atoms with Crippen molar-refractivity contribution in [1.29, 1.82) is 0 Å². The quantitative estimate of drug-likeness (QED) is 0.409. The predicted molar refractivity (Wildman–Crippen MR) is 93.9 cm³/mol. The summed E-state index contributed by atoms with van der Waals surface area (Å²) < 4.78 is 0. The summed E-state index contributed by atoms with van der Waals surface area (Å²) in [5.41, 5.74) is 5.63. The van der Waals surface area contributed by atoms with Gasteiger partial charge in [-0.15, -0.1) is 0 Å². The Morgan fingerprint density at radius 3 is 2.48 bits per heavy atom. The molecule has 21 heavy (non-hydrogen) atoms. The van der Waals surface area contributed by atoms with Crippen LogP contribution in [-0.4, -0.2) is 36.9 Å². The van der Waals surface area contributed by atoms with Crippen molar-refractivity contribution in [2.45, 2.75) is 71.1 Å². The maximum atomic E-state index is 5.63. The van der Waals surface area contributed by atoms with Gasteiger partial charge in [0, 0.05) is 26.1 Å². The highest BCUT2D eigenvalue weighted by Crippen LogP contribution is 2.10.